The minimum Gasteiger partial charge on any atom is -0.435 e. The van der Waals surface area contributed by atoms with Gasteiger partial charge in [-0.2, -0.15) is 0 Å². The number of hydrogen-bond acceptors (Lipinski definition) is 6. The van der Waals surface area contributed by atoms with E-state index in [1.807, 2.05) is 0 Å². The van der Waals surface area contributed by atoms with Crippen LogP contribution < -0.4 is 0 Å². The van der Waals surface area contributed by atoms with Crippen molar-refractivity contribution in [2.75, 3.05) is 6.61 Å². The van der Waals surface area contributed by atoms with Crippen LogP contribution in [0, 0.1) is 0 Å². The third kappa shape index (κ3) is 19.2. The second kappa shape index (κ2) is 14.8. The average Bonchev–Trinajstić information content (AvgIpc) is 2.47. The molecule has 3 N–H and O–H groups in total. The maximum Gasteiger partial charge on any atom is 0.671 e. The molecular formula is C16H32O6Si. The number of carbonyl (C=O) groups is 1. The van der Waals surface area contributed by atoms with Crippen molar-refractivity contribution >= 4 is 15.0 Å². The Balaban J connectivity index is 3.32. The topological polar surface area (TPSA) is 96.2 Å². The molecule has 0 rings (SSSR count). The van der Waals surface area contributed by atoms with Crippen molar-refractivity contribution < 1.29 is 28.3 Å². The van der Waals surface area contributed by atoms with Crippen LogP contribution in [0.5, 0.6) is 0 Å². The van der Waals surface area contributed by atoms with E-state index in [1.54, 1.807) is 0 Å². The second-order valence-corrected chi connectivity index (χ2v) is 7.11. The van der Waals surface area contributed by atoms with Gasteiger partial charge in [-0.25, -0.2) is 0 Å². The molecule has 0 radical (unpaired) electrons. The third-order valence-electron chi connectivity index (χ3n) is 3.40. The van der Waals surface area contributed by atoms with Gasteiger partial charge in [-0.3, -0.25) is 4.79 Å². The fourth-order valence-corrected chi connectivity index (χ4v) is 2.46. The van der Waals surface area contributed by atoms with Crippen molar-refractivity contribution in [2.24, 2.45) is 0 Å². The Morgan fingerprint density at radius 1 is 0.913 bits per heavy atom. The van der Waals surface area contributed by atoms with Crippen LogP contribution in [0.2, 0.25) is 0 Å². The van der Waals surface area contributed by atoms with E-state index in [2.05, 4.69) is 11.3 Å². The molecular weight excluding hydrogens is 316 g/mol. The monoisotopic (exact) mass is 348 g/mol. The minimum atomic E-state index is -4.47. The van der Waals surface area contributed by atoms with Gasteiger partial charge in [0.1, 0.15) is 0 Å². The van der Waals surface area contributed by atoms with Gasteiger partial charge in [0, 0.05) is 6.42 Å². The van der Waals surface area contributed by atoms with E-state index in [-0.39, 0.29) is 12.6 Å². The first kappa shape index (κ1) is 22.3. The van der Waals surface area contributed by atoms with Crippen LogP contribution in [-0.2, 0) is 14.0 Å². The molecule has 0 aromatic carbocycles. The number of esters is 1. The van der Waals surface area contributed by atoms with E-state index in [4.69, 9.17) is 19.1 Å². The lowest BCUT2D eigenvalue weighted by molar-refractivity contribution is -0.138. The van der Waals surface area contributed by atoms with Gasteiger partial charge in [0.05, 0.1) is 12.9 Å². The van der Waals surface area contributed by atoms with E-state index in [0.717, 1.165) is 25.5 Å². The Morgan fingerprint density at radius 3 is 1.96 bits per heavy atom. The number of ether oxygens (including phenoxy) is 1. The van der Waals surface area contributed by atoms with E-state index >= 15 is 0 Å². The van der Waals surface area contributed by atoms with Crippen LogP contribution in [-0.4, -0.2) is 36.0 Å². The first-order chi connectivity index (χ1) is 11.0. The van der Waals surface area contributed by atoms with E-state index < -0.39 is 9.05 Å². The molecule has 0 bridgehead atoms. The molecule has 0 heterocycles. The van der Waals surface area contributed by atoms with Crippen molar-refractivity contribution in [3.8, 4) is 0 Å². The van der Waals surface area contributed by atoms with Crippen molar-refractivity contribution in [1.82, 2.24) is 0 Å². The molecule has 7 heteroatoms. The first-order valence-electron chi connectivity index (χ1n) is 8.61. The lowest BCUT2D eigenvalue weighted by atomic mass is 10.1. The molecule has 0 spiro atoms. The lowest BCUT2D eigenvalue weighted by Gasteiger charge is -2.06. The standard InChI is InChI=1S/C16H32O6Si/c1-2-3-4-5-6-7-8-9-10-11-13-16(17)21-14-12-15-22-23(18,19)20/h12,14,18-20H,2-11,13,15H2,1H3. The quantitative estimate of drug-likeness (QED) is 0.182. The summed E-state index contributed by atoms with van der Waals surface area (Å²) in [5, 5.41) is 0. The normalized spacial score (nSPS) is 12.0. The Morgan fingerprint density at radius 2 is 1.43 bits per heavy atom. The first-order valence-corrected chi connectivity index (χ1v) is 10.4. The summed E-state index contributed by atoms with van der Waals surface area (Å²) >= 11 is 0. The Kier molecular flexibility index (Phi) is 14.4. The zero-order valence-electron chi connectivity index (χ0n) is 14.2. The van der Waals surface area contributed by atoms with Crippen LogP contribution >= 0.6 is 0 Å². The van der Waals surface area contributed by atoms with E-state index in [1.165, 1.54) is 51.0 Å². The van der Waals surface area contributed by atoms with E-state index in [9.17, 15) is 4.79 Å². The third-order valence-corrected chi connectivity index (χ3v) is 3.96. The van der Waals surface area contributed by atoms with Crippen molar-refractivity contribution in [3.05, 3.63) is 12.3 Å². The fraction of sp³-hybridized carbons (Fsp3) is 0.812. The number of hydrogen-bond donors (Lipinski definition) is 3. The largest absolute Gasteiger partial charge is 0.671 e. The second-order valence-electron chi connectivity index (χ2n) is 5.68. The molecule has 0 unspecified atom stereocenters. The summed E-state index contributed by atoms with van der Waals surface area (Å²) in [6.45, 7) is 2.00. The number of rotatable bonds is 15. The molecule has 0 saturated carbocycles. The van der Waals surface area contributed by atoms with Crippen LogP contribution in [0.15, 0.2) is 12.3 Å². The highest BCUT2D eigenvalue weighted by atomic mass is 28.4. The average molecular weight is 349 g/mol. The maximum atomic E-state index is 11.4. The summed E-state index contributed by atoms with van der Waals surface area (Å²) in [5.74, 6) is -0.318. The van der Waals surface area contributed by atoms with E-state index in [0.29, 0.717) is 6.42 Å². The summed E-state index contributed by atoms with van der Waals surface area (Å²) in [6.07, 6.45) is 14.9. The van der Waals surface area contributed by atoms with Crippen molar-refractivity contribution in [2.45, 2.75) is 77.6 Å². The molecule has 23 heavy (non-hydrogen) atoms. The SMILES string of the molecule is CCCCCCCCCCCCC(=O)OC=CCO[Si](O)(O)O. The van der Waals surface area contributed by atoms with Crippen LogP contribution in [0.4, 0.5) is 0 Å². The van der Waals surface area contributed by atoms with Crippen molar-refractivity contribution in [3.63, 3.8) is 0 Å². The minimum absolute atomic E-state index is 0.221. The van der Waals surface area contributed by atoms with Crippen LogP contribution in [0.25, 0.3) is 0 Å². The summed E-state index contributed by atoms with van der Waals surface area (Å²) in [6, 6.07) is 0. The fourth-order valence-electron chi connectivity index (χ4n) is 2.14. The van der Waals surface area contributed by atoms with Gasteiger partial charge >= 0.3 is 15.0 Å². The van der Waals surface area contributed by atoms with Gasteiger partial charge in [-0.05, 0) is 12.5 Å². The predicted octanol–water partition coefficient (Wildman–Crippen LogP) is 2.78. The smallest absolute Gasteiger partial charge is 0.435 e. The molecule has 136 valence electrons. The van der Waals surface area contributed by atoms with Gasteiger partial charge in [-0.1, -0.05) is 64.7 Å². The van der Waals surface area contributed by atoms with Gasteiger partial charge in [0.2, 0.25) is 0 Å². The van der Waals surface area contributed by atoms with Gasteiger partial charge in [-0.15, -0.1) is 0 Å². The molecule has 0 aromatic heterocycles. The Bertz CT molecular complexity index is 314. The maximum absolute atomic E-state index is 11.4. The van der Waals surface area contributed by atoms with Gasteiger partial charge in [0.15, 0.2) is 0 Å². The van der Waals surface area contributed by atoms with Gasteiger partial charge < -0.3 is 23.5 Å². The molecule has 0 atom stereocenters. The number of carbonyl (C=O) groups excluding carboxylic acids is 1. The lowest BCUT2D eigenvalue weighted by Crippen LogP contribution is -2.38. The van der Waals surface area contributed by atoms with Crippen LogP contribution in [0.3, 0.4) is 0 Å². The van der Waals surface area contributed by atoms with Gasteiger partial charge in [0.25, 0.3) is 0 Å². The van der Waals surface area contributed by atoms with Crippen LogP contribution in [0.1, 0.15) is 77.6 Å². The highest BCUT2D eigenvalue weighted by Gasteiger charge is 2.29. The summed E-state index contributed by atoms with van der Waals surface area (Å²) < 4.78 is 9.12. The predicted molar refractivity (Wildman–Crippen MR) is 90.1 cm³/mol. The molecule has 0 amide bonds. The molecule has 0 aliphatic rings. The Labute approximate surface area is 140 Å². The molecule has 0 aliphatic heterocycles. The Hall–Kier alpha value is -0.733. The zero-order valence-corrected chi connectivity index (χ0v) is 15.2. The highest BCUT2D eigenvalue weighted by Crippen LogP contribution is 2.11. The highest BCUT2D eigenvalue weighted by molar-refractivity contribution is 6.48. The summed E-state index contributed by atoms with van der Waals surface area (Å²) in [5.41, 5.74) is 0. The summed E-state index contributed by atoms with van der Waals surface area (Å²) in [4.78, 5) is 37.1. The molecule has 6 nitrogen and oxygen atoms in total. The summed E-state index contributed by atoms with van der Waals surface area (Å²) in [7, 11) is -4.47. The molecule has 0 saturated heterocycles. The molecule has 0 fully saturated rings. The number of unbranched alkanes of at least 4 members (excludes halogenated alkanes) is 9. The molecule has 0 aliphatic carbocycles. The zero-order chi connectivity index (χ0) is 17.4. The molecule has 0 aromatic rings. The van der Waals surface area contributed by atoms with Crippen molar-refractivity contribution in [1.29, 1.82) is 0 Å².